The SMILES string of the molecule is O=C([C@H]1C[C@@H]2CC[C@@H]1C2)N1CCN(c2cccc(Cl)c2)CC1. The smallest absolute Gasteiger partial charge is 0.226 e. The van der Waals surface area contributed by atoms with Crippen molar-refractivity contribution < 1.29 is 4.79 Å². The number of nitrogens with zero attached hydrogens (tertiary/aromatic N) is 2. The average Bonchev–Trinajstić information content (AvgIpc) is 3.17. The molecule has 4 rings (SSSR count). The van der Waals surface area contributed by atoms with Gasteiger partial charge in [-0.2, -0.15) is 0 Å². The van der Waals surface area contributed by atoms with Crippen molar-refractivity contribution in [1.82, 2.24) is 4.90 Å². The van der Waals surface area contributed by atoms with Crippen LogP contribution in [0, 0.1) is 17.8 Å². The highest BCUT2D eigenvalue weighted by Gasteiger charge is 2.44. The number of amides is 1. The standard InChI is InChI=1S/C18H23ClN2O/c19-15-2-1-3-16(12-15)20-6-8-21(9-7-20)18(22)17-11-13-4-5-14(17)10-13/h1-3,12-14,17H,4-11H2/t13-,14-,17+/m1/s1. The molecule has 0 unspecified atom stereocenters. The summed E-state index contributed by atoms with van der Waals surface area (Å²) < 4.78 is 0. The van der Waals surface area contributed by atoms with Crippen LogP contribution in [0.5, 0.6) is 0 Å². The predicted molar refractivity (Wildman–Crippen MR) is 89.2 cm³/mol. The van der Waals surface area contributed by atoms with Crippen LogP contribution in [0.3, 0.4) is 0 Å². The van der Waals surface area contributed by atoms with Gasteiger partial charge in [-0.15, -0.1) is 0 Å². The largest absolute Gasteiger partial charge is 0.368 e. The number of hydrogen-bond acceptors (Lipinski definition) is 2. The van der Waals surface area contributed by atoms with Crippen LogP contribution in [0.25, 0.3) is 0 Å². The first-order chi connectivity index (χ1) is 10.7. The highest BCUT2D eigenvalue weighted by atomic mass is 35.5. The third kappa shape index (κ3) is 2.60. The highest BCUT2D eigenvalue weighted by molar-refractivity contribution is 6.30. The summed E-state index contributed by atoms with van der Waals surface area (Å²) in [6.07, 6.45) is 5.09. The normalized spacial score (nSPS) is 30.9. The van der Waals surface area contributed by atoms with E-state index in [1.807, 2.05) is 18.2 Å². The van der Waals surface area contributed by atoms with Gasteiger partial charge in [0, 0.05) is 42.8 Å². The maximum atomic E-state index is 12.8. The number of halogens is 1. The van der Waals surface area contributed by atoms with Crippen LogP contribution in [-0.4, -0.2) is 37.0 Å². The summed E-state index contributed by atoms with van der Waals surface area (Å²) in [6.45, 7) is 3.51. The minimum atomic E-state index is 0.330. The Hall–Kier alpha value is -1.22. The van der Waals surface area contributed by atoms with Gasteiger partial charge in [0.1, 0.15) is 0 Å². The van der Waals surface area contributed by atoms with Crippen molar-refractivity contribution in [1.29, 1.82) is 0 Å². The summed E-state index contributed by atoms with van der Waals surface area (Å²) in [5.41, 5.74) is 1.17. The Balaban J connectivity index is 1.36. The first-order valence-electron chi connectivity index (χ1n) is 8.50. The molecule has 1 heterocycles. The Labute approximate surface area is 137 Å². The predicted octanol–water partition coefficient (Wildman–Crippen LogP) is 3.42. The zero-order valence-electron chi connectivity index (χ0n) is 12.9. The number of anilines is 1. The second-order valence-electron chi connectivity index (χ2n) is 7.07. The number of fused-ring (bicyclic) bond motifs is 2. The second kappa shape index (κ2) is 5.77. The Morgan fingerprint density at radius 1 is 1.09 bits per heavy atom. The van der Waals surface area contributed by atoms with Gasteiger partial charge in [0.15, 0.2) is 0 Å². The Morgan fingerprint density at radius 3 is 2.55 bits per heavy atom. The number of hydrogen-bond donors (Lipinski definition) is 0. The lowest BCUT2D eigenvalue weighted by molar-refractivity contribution is -0.137. The third-order valence-corrected chi connectivity index (χ3v) is 6.06. The molecule has 0 radical (unpaired) electrons. The number of carbonyl (C=O) groups is 1. The molecule has 1 saturated heterocycles. The fourth-order valence-corrected chi connectivity index (χ4v) is 4.82. The van der Waals surface area contributed by atoms with Crippen molar-refractivity contribution >= 4 is 23.2 Å². The zero-order valence-corrected chi connectivity index (χ0v) is 13.6. The first-order valence-corrected chi connectivity index (χ1v) is 8.88. The van der Waals surface area contributed by atoms with E-state index in [4.69, 9.17) is 11.6 Å². The van der Waals surface area contributed by atoms with E-state index in [-0.39, 0.29) is 0 Å². The van der Waals surface area contributed by atoms with Crippen LogP contribution in [0.15, 0.2) is 24.3 Å². The van der Waals surface area contributed by atoms with Gasteiger partial charge < -0.3 is 9.80 Å². The zero-order chi connectivity index (χ0) is 15.1. The number of carbonyl (C=O) groups excluding carboxylic acids is 1. The minimum absolute atomic E-state index is 0.330. The molecular formula is C18H23ClN2O. The summed E-state index contributed by atoms with van der Waals surface area (Å²) in [7, 11) is 0. The second-order valence-corrected chi connectivity index (χ2v) is 7.51. The minimum Gasteiger partial charge on any atom is -0.368 e. The average molecular weight is 319 g/mol. The molecule has 2 saturated carbocycles. The molecule has 2 bridgehead atoms. The molecule has 3 aliphatic rings. The van der Waals surface area contributed by atoms with Crippen LogP contribution in [0.2, 0.25) is 5.02 Å². The number of piperazine rings is 1. The van der Waals surface area contributed by atoms with Gasteiger partial charge in [-0.05, 0) is 49.3 Å². The molecule has 0 aromatic heterocycles. The van der Waals surface area contributed by atoms with Gasteiger partial charge in [0.25, 0.3) is 0 Å². The molecule has 0 N–H and O–H groups in total. The van der Waals surface area contributed by atoms with Crippen molar-refractivity contribution in [2.45, 2.75) is 25.7 Å². The van der Waals surface area contributed by atoms with Crippen LogP contribution < -0.4 is 4.90 Å². The van der Waals surface area contributed by atoms with E-state index in [2.05, 4.69) is 15.9 Å². The highest BCUT2D eigenvalue weighted by Crippen LogP contribution is 2.48. The Bertz CT molecular complexity index is 568. The summed E-state index contributed by atoms with van der Waals surface area (Å²) in [4.78, 5) is 17.2. The van der Waals surface area contributed by atoms with Crippen molar-refractivity contribution in [3.63, 3.8) is 0 Å². The fourth-order valence-electron chi connectivity index (χ4n) is 4.64. The van der Waals surface area contributed by atoms with Gasteiger partial charge >= 0.3 is 0 Å². The molecule has 3 nitrogen and oxygen atoms in total. The molecule has 22 heavy (non-hydrogen) atoms. The molecule has 3 atom stereocenters. The molecule has 118 valence electrons. The monoisotopic (exact) mass is 318 g/mol. The van der Waals surface area contributed by atoms with Crippen LogP contribution in [0.4, 0.5) is 5.69 Å². The van der Waals surface area contributed by atoms with E-state index >= 15 is 0 Å². The topological polar surface area (TPSA) is 23.6 Å². The van der Waals surface area contributed by atoms with Gasteiger partial charge in [0.2, 0.25) is 5.91 Å². The number of benzene rings is 1. The molecule has 1 aromatic rings. The molecule has 4 heteroatoms. The molecule has 1 aromatic carbocycles. The first kappa shape index (κ1) is 14.4. The van der Waals surface area contributed by atoms with E-state index < -0.39 is 0 Å². The van der Waals surface area contributed by atoms with E-state index in [1.165, 1.54) is 24.9 Å². The van der Waals surface area contributed by atoms with Crippen molar-refractivity contribution in [2.24, 2.45) is 17.8 Å². The van der Waals surface area contributed by atoms with E-state index in [0.717, 1.165) is 43.5 Å². The van der Waals surface area contributed by atoms with Crippen LogP contribution >= 0.6 is 11.6 Å². The lowest BCUT2D eigenvalue weighted by Gasteiger charge is -2.38. The van der Waals surface area contributed by atoms with Crippen molar-refractivity contribution in [2.75, 3.05) is 31.1 Å². The molecule has 2 aliphatic carbocycles. The lowest BCUT2D eigenvalue weighted by Crippen LogP contribution is -2.51. The van der Waals surface area contributed by atoms with Crippen molar-refractivity contribution in [3.05, 3.63) is 29.3 Å². The van der Waals surface area contributed by atoms with Crippen LogP contribution in [0.1, 0.15) is 25.7 Å². The molecule has 1 aliphatic heterocycles. The fraction of sp³-hybridized carbons (Fsp3) is 0.611. The quantitative estimate of drug-likeness (QED) is 0.834. The van der Waals surface area contributed by atoms with Crippen LogP contribution in [-0.2, 0) is 4.79 Å². The summed E-state index contributed by atoms with van der Waals surface area (Å²) in [6, 6.07) is 8.00. The maximum Gasteiger partial charge on any atom is 0.226 e. The molecule has 3 fully saturated rings. The molecule has 0 spiro atoms. The Kier molecular flexibility index (Phi) is 3.77. The number of rotatable bonds is 2. The lowest BCUT2D eigenvalue weighted by atomic mass is 9.87. The van der Waals surface area contributed by atoms with E-state index in [1.54, 1.807) is 0 Å². The van der Waals surface area contributed by atoms with E-state index in [0.29, 0.717) is 17.7 Å². The van der Waals surface area contributed by atoms with E-state index in [9.17, 15) is 4.79 Å². The van der Waals surface area contributed by atoms with Gasteiger partial charge in [-0.25, -0.2) is 0 Å². The van der Waals surface area contributed by atoms with Gasteiger partial charge in [-0.3, -0.25) is 4.79 Å². The van der Waals surface area contributed by atoms with Gasteiger partial charge in [-0.1, -0.05) is 24.1 Å². The third-order valence-electron chi connectivity index (χ3n) is 5.82. The summed E-state index contributed by atoms with van der Waals surface area (Å²) in [5, 5.41) is 0.776. The van der Waals surface area contributed by atoms with Gasteiger partial charge in [0.05, 0.1) is 0 Å². The summed E-state index contributed by atoms with van der Waals surface area (Å²) in [5.74, 6) is 2.28. The molecular weight excluding hydrogens is 296 g/mol. The summed E-state index contributed by atoms with van der Waals surface area (Å²) >= 11 is 6.07. The molecule has 1 amide bonds. The van der Waals surface area contributed by atoms with Crippen molar-refractivity contribution in [3.8, 4) is 0 Å². The maximum absolute atomic E-state index is 12.8. The Morgan fingerprint density at radius 2 is 1.91 bits per heavy atom.